The molecule has 2 bridgehead atoms. The lowest BCUT2D eigenvalue weighted by Gasteiger charge is -2.43. The Morgan fingerprint density at radius 3 is 2.63 bits per heavy atom. The topological polar surface area (TPSA) is 87.2 Å². The molecule has 3 aliphatic rings. The van der Waals surface area contributed by atoms with E-state index in [0.717, 1.165) is 19.3 Å². The number of hydrogen-bond donors (Lipinski definition) is 1. The van der Waals surface area contributed by atoms with Crippen LogP contribution in [0.2, 0.25) is 0 Å². The maximum absolute atomic E-state index is 14.4. The molecule has 3 rings (SSSR count). The number of esters is 1. The number of ether oxygens (including phenoxy) is 1. The van der Waals surface area contributed by atoms with Gasteiger partial charge in [0, 0.05) is 17.8 Å². The van der Waals surface area contributed by atoms with Crippen molar-refractivity contribution in [3.8, 4) is 0 Å². The van der Waals surface area contributed by atoms with E-state index in [1.54, 1.807) is 28.8 Å². The number of amides is 2. The fraction of sp³-hybridized carbons (Fsp3) is 0.741. The molecule has 3 saturated heterocycles. The molecular formula is C27H42N2O5S. The van der Waals surface area contributed by atoms with E-state index in [-0.39, 0.29) is 48.2 Å². The predicted molar refractivity (Wildman–Crippen MR) is 139 cm³/mol. The van der Waals surface area contributed by atoms with E-state index in [2.05, 4.69) is 27.0 Å². The van der Waals surface area contributed by atoms with E-state index < -0.39 is 28.7 Å². The number of carbonyl (C=O) groups is 3. The molecule has 3 fully saturated rings. The third kappa shape index (κ3) is 4.57. The molecule has 0 radical (unpaired) electrons. The Morgan fingerprint density at radius 2 is 2.06 bits per heavy atom. The van der Waals surface area contributed by atoms with Crippen molar-refractivity contribution >= 4 is 29.5 Å². The minimum Gasteiger partial charge on any atom is -0.465 e. The van der Waals surface area contributed by atoms with Crippen LogP contribution in [-0.4, -0.2) is 80.6 Å². The lowest BCUT2D eigenvalue weighted by atomic mass is 9.66. The predicted octanol–water partition coefficient (Wildman–Crippen LogP) is 3.42. The Kier molecular flexibility index (Phi) is 9.13. The highest BCUT2D eigenvalue weighted by molar-refractivity contribution is 8.02. The fourth-order valence-electron chi connectivity index (χ4n) is 6.51. The second-order valence-electron chi connectivity index (χ2n) is 10.2. The van der Waals surface area contributed by atoms with Gasteiger partial charge in [-0.2, -0.15) is 0 Å². The normalized spacial score (nSPS) is 32.8. The molecule has 8 atom stereocenters. The average Bonchev–Trinajstić information content (AvgIpc) is 3.42. The van der Waals surface area contributed by atoms with E-state index in [0.29, 0.717) is 19.4 Å². The van der Waals surface area contributed by atoms with Gasteiger partial charge in [0.2, 0.25) is 11.8 Å². The summed E-state index contributed by atoms with van der Waals surface area (Å²) in [5.74, 6) is -1.78. The molecular weight excluding hydrogens is 464 g/mol. The third-order valence-corrected chi connectivity index (χ3v) is 10.3. The Hall–Kier alpha value is -1.80. The van der Waals surface area contributed by atoms with Crippen LogP contribution in [0.25, 0.3) is 0 Å². The van der Waals surface area contributed by atoms with Gasteiger partial charge >= 0.3 is 5.97 Å². The highest BCUT2D eigenvalue weighted by Crippen LogP contribution is 2.69. The standard InChI is InChI=1S/C27H42N2O5S/c1-7-11-14-34-26(33)21-20-15-17(5)27(35-20)22(21)24(31)29(19(10-4)16-30)23(27)25(32)28(13-9-3)18(6)12-8-2/h7,9,17-23,30H,1,3,8,10-16H2,2,4-6H3/t17?,18?,19-,20-,21+,22-,23?,27?/m0/s1. The zero-order chi connectivity index (χ0) is 25.9. The number of likely N-dealkylation sites (tertiary alicyclic amines) is 1. The maximum Gasteiger partial charge on any atom is 0.310 e. The van der Waals surface area contributed by atoms with E-state index in [1.807, 2.05) is 18.7 Å². The molecule has 1 spiro atoms. The maximum atomic E-state index is 14.4. The van der Waals surface area contributed by atoms with Gasteiger partial charge in [-0.3, -0.25) is 14.4 Å². The number of nitrogens with zero attached hydrogens (tertiary/aromatic N) is 2. The van der Waals surface area contributed by atoms with Crippen molar-refractivity contribution in [2.24, 2.45) is 17.8 Å². The largest absolute Gasteiger partial charge is 0.465 e. The smallest absolute Gasteiger partial charge is 0.310 e. The van der Waals surface area contributed by atoms with Crippen molar-refractivity contribution in [1.82, 2.24) is 9.80 Å². The molecule has 0 saturated carbocycles. The Morgan fingerprint density at radius 1 is 1.34 bits per heavy atom. The van der Waals surface area contributed by atoms with E-state index in [4.69, 9.17) is 4.74 Å². The molecule has 3 aliphatic heterocycles. The average molecular weight is 507 g/mol. The second kappa shape index (κ2) is 11.5. The molecule has 0 aromatic rings. The molecule has 4 unspecified atom stereocenters. The molecule has 7 nitrogen and oxygen atoms in total. The van der Waals surface area contributed by atoms with Gasteiger partial charge in [0.05, 0.1) is 35.8 Å². The zero-order valence-electron chi connectivity index (χ0n) is 21.7. The van der Waals surface area contributed by atoms with Crippen molar-refractivity contribution in [1.29, 1.82) is 0 Å². The summed E-state index contributed by atoms with van der Waals surface area (Å²) < 4.78 is 4.84. The highest BCUT2D eigenvalue weighted by Gasteiger charge is 2.77. The minimum atomic E-state index is -0.729. The van der Waals surface area contributed by atoms with Gasteiger partial charge in [-0.15, -0.1) is 24.9 Å². The SMILES string of the molecule is C=CCCOC(=O)[C@@H]1[C@@H]2CC(C)C3(S2)C(C(=O)N(CC=C)C(C)CCC)N([C@@H](CC)CO)C(=O)[C@H]13. The second-order valence-corrected chi connectivity index (χ2v) is 11.8. The van der Waals surface area contributed by atoms with Gasteiger partial charge in [0.15, 0.2) is 0 Å². The van der Waals surface area contributed by atoms with Crippen LogP contribution in [0, 0.1) is 17.8 Å². The molecule has 0 aromatic carbocycles. The summed E-state index contributed by atoms with van der Waals surface area (Å²) in [4.78, 5) is 45.2. The number of thioether (sulfide) groups is 1. The molecule has 8 heteroatoms. The zero-order valence-corrected chi connectivity index (χ0v) is 22.5. The summed E-state index contributed by atoms with van der Waals surface area (Å²) in [5.41, 5.74) is 0. The molecule has 196 valence electrons. The van der Waals surface area contributed by atoms with Gasteiger partial charge < -0.3 is 19.6 Å². The molecule has 0 aliphatic carbocycles. The number of hydrogen-bond acceptors (Lipinski definition) is 6. The highest BCUT2D eigenvalue weighted by atomic mass is 32.2. The van der Waals surface area contributed by atoms with Gasteiger partial charge in [0.1, 0.15) is 6.04 Å². The van der Waals surface area contributed by atoms with Gasteiger partial charge in [-0.05, 0) is 38.5 Å². The lowest BCUT2D eigenvalue weighted by molar-refractivity contribution is -0.155. The Bertz CT molecular complexity index is 830. The summed E-state index contributed by atoms with van der Waals surface area (Å²) in [7, 11) is 0. The van der Waals surface area contributed by atoms with Gasteiger partial charge in [-0.25, -0.2) is 0 Å². The molecule has 2 amide bonds. The van der Waals surface area contributed by atoms with E-state index in [9.17, 15) is 19.5 Å². The Labute approximate surface area is 214 Å². The molecule has 35 heavy (non-hydrogen) atoms. The van der Waals surface area contributed by atoms with Crippen molar-refractivity contribution in [3.63, 3.8) is 0 Å². The van der Waals surface area contributed by atoms with Crippen molar-refractivity contribution in [2.45, 2.75) is 87.9 Å². The number of aliphatic hydroxyl groups excluding tert-OH is 1. The quantitative estimate of drug-likeness (QED) is 0.234. The number of aliphatic hydroxyl groups is 1. The first kappa shape index (κ1) is 27.8. The van der Waals surface area contributed by atoms with E-state index >= 15 is 0 Å². The summed E-state index contributed by atoms with van der Waals surface area (Å²) in [6.45, 7) is 16.1. The summed E-state index contributed by atoms with van der Waals surface area (Å²) in [6.07, 6.45) is 7.04. The third-order valence-electron chi connectivity index (χ3n) is 8.18. The monoisotopic (exact) mass is 506 g/mol. The van der Waals surface area contributed by atoms with Crippen molar-refractivity contribution < 1.29 is 24.2 Å². The first-order chi connectivity index (χ1) is 16.7. The minimum absolute atomic E-state index is 0.00863. The Balaban J connectivity index is 2.08. The van der Waals surface area contributed by atoms with Crippen LogP contribution >= 0.6 is 11.8 Å². The number of carbonyl (C=O) groups excluding carboxylic acids is 3. The van der Waals surface area contributed by atoms with Crippen molar-refractivity contribution in [3.05, 3.63) is 25.3 Å². The molecule has 3 heterocycles. The van der Waals surface area contributed by atoms with Gasteiger partial charge in [-0.1, -0.05) is 39.3 Å². The lowest BCUT2D eigenvalue weighted by Crippen LogP contribution is -2.60. The van der Waals surface area contributed by atoms with Crippen LogP contribution in [0.3, 0.4) is 0 Å². The summed E-state index contributed by atoms with van der Waals surface area (Å²) in [5, 5.41) is 10.2. The molecule has 1 N–H and O–H groups in total. The van der Waals surface area contributed by atoms with Crippen LogP contribution in [0.4, 0.5) is 0 Å². The van der Waals surface area contributed by atoms with Crippen LogP contribution in [-0.2, 0) is 19.1 Å². The first-order valence-corrected chi connectivity index (χ1v) is 13.9. The van der Waals surface area contributed by atoms with Gasteiger partial charge in [0.25, 0.3) is 0 Å². The van der Waals surface area contributed by atoms with Crippen LogP contribution in [0.1, 0.15) is 59.8 Å². The number of fused-ring (bicyclic) bond motifs is 1. The van der Waals surface area contributed by atoms with Crippen LogP contribution in [0.5, 0.6) is 0 Å². The first-order valence-electron chi connectivity index (χ1n) is 13.0. The molecule has 0 aromatic heterocycles. The summed E-state index contributed by atoms with van der Waals surface area (Å²) in [6, 6.07) is -1.22. The summed E-state index contributed by atoms with van der Waals surface area (Å²) >= 11 is 1.64. The van der Waals surface area contributed by atoms with E-state index in [1.165, 1.54) is 0 Å². The van der Waals surface area contributed by atoms with Crippen molar-refractivity contribution in [2.75, 3.05) is 19.8 Å². The fourth-order valence-corrected chi connectivity index (χ4v) is 8.90. The number of rotatable bonds is 13. The van der Waals surface area contributed by atoms with Crippen LogP contribution < -0.4 is 0 Å². The van der Waals surface area contributed by atoms with Crippen LogP contribution in [0.15, 0.2) is 25.3 Å².